The number of nitrogens with zero attached hydrogens (tertiary/aromatic N) is 1. The molecule has 0 radical (unpaired) electrons. The summed E-state index contributed by atoms with van der Waals surface area (Å²) in [4.78, 5) is 12.6. The molecule has 0 atom stereocenters. The molecule has 1 aliphatic rings. The summed E-state index contributed by atoms with van der Waals surface area (Å²) in [6.45, 7) is 0. The summed E-state index contributed by atoms with van der Waals surface area (Å²) < 4.78 is 10.9. The van der Waals surface area contributed by atoms with Crippen LogP contribution < -0.4 is 9.47 Å². The van der Waals surface area contributed by atoms with Gasteiger partial charge in [-0.25, -0.2) is 0 Å². The summed E-state index contributed by atoms with van der Waals surface area (Å²) in [6, 6.07) is 7.62. The molecule has 7 heteroatoms. The van der Waals surface area contributed by atoms with Crippen molar-refractivity contribution in [2.45, 2.75) is 0 Å². The highest BCUT2D eigenvalue weighted by molar-refractivity contribution is 6.53. The lowest BCUT2D eigenvalue weighted by Gasteiger charge is -2.07. The first-order chi connectivity index (χ1) is 11.0. The number of halogens is 2. The molecule has 5 nitrogen and oxygen atoms in total. The second-order valence-corrected chi connectivity index (χ2v) is 5.67. The smallest absolute Gasteiger partial charge is 0.273 e. The molecule has 1 heterocycles. The van der Waals surface area contributed by atoms with Gasteiger partial charge in [-0.2, -0.15) is 4.74 Å². The number of ether oxygens (including phenoxy) is 2. The molecular weight excluding hydrogens is 341 g/mol. The molecule has 0 fully saturated rings. The Bertz CT molecular complexity index is 839. The van der Waals surface area contributed by atoms with Crippen LogP contribution in [-0.2, 0) is 0 Å². The number of carbonyl (C=O) groups excluding carboxylic acids is 1. The van der Waals surface area contributed by atoms with Gasteiger partial charge in [0.05, 0.1) is 29.8 Å². The van der Waals surface area contributed by atoms with E-state index in [1.165, 1.54) is 26.4 Å². The second-order valence-electron chi connectivity index (χ2n) is 4.86. The summed E-state index contributed by atoms with van der Waals surface area (Å²) in [7, 11) is 2.98. The molecule has 118 valence electrons. The van der Waals surface area contributed by atoms with Gasteiger partial charge in [0, 0.05) is 12.1 Å². The van der Waals surface area contributed by atoms with E-state index >= 15 is 0 Å². The number of hydrogen-bond acceptors (Lipinski definition) is 4. The number of ketones is 1. The molecular formula is C16H11Cl2NO4. The number of Topliss-reactive ketones (excluding diaryl/α,β-unsaturated/α-hetero) is 1. The Kier molecular flexibility index (Phi) is 3.92. The third kappa shape index (κ3) is 2.52. The van der Waals surface area contributed by atoms with Gasteiger partial charge >= 0.3 is 0 Å². The van der Waals surface area contributed by atoms with Crippen molar-refractivity contribution in [2.24, 2.45) is 0 Å². The van der Waals surface area contributed by atoms with Crippen molar-refractivity contribution >= 4 is 40.4 Å². The molecule has 0 bridgehead atoms. The van der Waals surface area contributed by atoms with Crippen LogP contribution in [0.3, 0.4) is 0 Å². The van der Waals surface area contributed by atoms with Crippen molar-refractivity contribution in [1.29, 1.82) is 0 Å². The van der Waals surface area contributed by atoms with Crippen molar-refractivity contribution < 1.29 is 19.0 Å². The van der Waals surface area contributed by atoms with Crippen LogP contribution in [0.4, 0.5) is 5.69 Å². The summed E-state index contributed by atoms with van der Waals surface area (Å²) in [6.07, 6.45) is 0. The Balaban J connectivity index is 2.20. The van der Waals surface area contributed by atoms with Crippen LogP contribution in [0.5, 0.6) is 11.5 Å². The number of benzene rings is 2. The standard InChI is InChI=1S/C16H11Cl2NO4/c1-22-9-3-8(4-10(5-9)23-2)15-16(20)11-6-12(17)13(18)7-14(11)19(15)21/h3-7H,1-2H3. The minimum absolute atomic E-state index is 0.0319. The van der Waals surface area contributed by atoms with E-state index in [2.05, 4.69) is 0 Å². The van der Waals surface area contributed by atoms with Crippen LogP contribution >= 0.6 is 23.2 Å². The minimum Gasteiger partial charge on any atom is -0.618 e. The summed E-state index contributed by atoms with van der Waals surface area (Å²) in [5.74, 6) is 0.518. The van der Waals surface area contributed by atoms with Crippen LogP contribution in [0.2, 0.25) is 10.0 Å². The van der Waals surface area contributed by atoms with Gasteiger partial charge in [0.1, 0.15) is 17.1 Å². The van der Waals surface area contributed by atoms with Crippen LogP contribution in [0.15, 0.2) is 30.3 Å². The van der Waals surface area contributed by atoms with Crippen LogP contribution in [0.25, 0.3) is 0 Å². The van der Waals surface area contributed by atoms with Crippen molar-refractivity contribution in [3.05, 3.63) is 56.7 Å². The van der Waals surface area contributed by atoms with E-state index in [-0.39, 0.29) is 27.0 Å². The molecule has 2 aromatic carbocycles. The topological polar surface area (TPSA) is 61.6 Å². The summed E-state index contributed by atoms with van der Waals surface area (Å²) in [5.41, 5.74) is 0.743. The number of hydrogen-bond donors (Lipinski definition) is 0. The van der Waals surface area contributed by atoms with E-state index in [1.807, 2.05) is 0 Å². The first-order valence-electron chi connectivity index (χ1n) is 6.57. The fourth-order valence-corrected chi connectivity index (χ4v) is 2.74. The van der Waals surface area contributed by atoms with Gasteiger partial charge < -0.3 is 14.7 Å². The van der Waals surface area contributed by atoms with Crippen molar-refractivity contribution in [2.75, 3.05) is 14.2 Å². The lowest BCUT2D eigenvalue weighted by Crippen LogP contribution is -2.16. The largest absolute Gasteiger partial charge is 0.618 e. The molecule has 0 saturated heterocycles. The second kappa shape index (κ2) is 5.76. The van der Waals surface area contributed by atoms with Crippen molar-refractivity contribution in [1.82, 2.24) is 0 Å². The Hall–Kier alpha value is -2.24. The third-order valence-electron chi connectivity index (χ3n) is 3.55. The van der Waals surface area contributed by atoms with E-state index in [4.69, 9.17) is 32.7 Å². The Morgan fingerprint density at radius 2 is 1.52 bits per heavy atom. The highest BCUT2D eigenvalue weighted by atomic mass is 35.5. The highest BCUT2D eigenvalue weighted by Crippen LogP contribution is 2.36. The normalized spacial score (nSPS) is 13.3. The Labute approximate surface area is 142 Å². The number of fused-ring (bicyclic) bond motifs is 1. The van der Waals surface area contributed by atoms with Crippen LogP contribution in [0, 0.1) is 5.21 Å². The first kappa shape index (κ1) is 15.6. The van der Waals surface area contributed by atoms with Gasteiger partial charge in [0.2, 0.25) is 5.69 Å². The molecule has 1 aliphatic heterocycles. The molecule has 0 saturated carbocycles. The summed E-state index contributed by atoms with van der Waals surface area (Å²) >= 11 is 11.9. The Morgan fingerprint density at radius 3 is 2.09 bits per heavy atom. The van der Waals surface area contributed by atoms with Crippen molar-refractivity contribution in [3.8, 4) is 11.5 Å². The fraction of sp³-hybridized carbons (Fsp3) is 0.125. The summed E-state index contributed by atoms with van der Waals surface area (Å²) in [5, 5.41) is 13.0. The number of rotatable bonds is 3. The molecule has 3 rings (SSSR count). The van der Waals surface area contributed by atoms with Gasteiger partial charge in [-0.15, -0.1) is 0 Å². The molecule has 0 amide bonds. The van der Waals surface area contributed by atoms with Gasteiger partial charge in [-0.3, -0.25) is 4.79 Å². The lowest BCUT2D eigenvalue weighted by atomic mass is 10.0. The van der Waals surface area contributed by atoms with Crippen LogP contribution in [0.1, 0.15) is 15.9 Å². The molecule has 2 aromatic rings. The SMILES string of the molecule is COc1cc(OC)cc(C2=[N+]([O-])c3cc(Cl)c(Cl)cc3C2=O)c1. The fourth-order valence-electron chi connectivity index (χ4n) is 2.42. The van der Waals surface area contributed by atoms with E-state index in [0.717, 1.165) is 0 Å². The van der Waals surface area contributed by atoms with Crippen LogP contribution in [-0.4, -0.2) is 30.5 Å². The predicted molar refractivity (Wildman–Crippen MR) is 87.7 cm³/mol. The van der Waals surface area contributed by atoms with Gasteiger partial charge in [-0.1, -0.05) is 23.2 Å². The number of carbonyl (C=O) groups is 1. The maximum Gasteiger partial charge on any atom is 0.273 e. The van der Waals surface area contributed by atoms with Gasteiger partial charge in [0.15, 0.2) is 0 Å². The van der Waals surface area contributed by atoms with E-state index in [1.54, 1.807) is 18.2 Å². The Morgan fingerprint density at radius 1 is 0.957 bits per heavy atom. The maximum absolute atomic E-state index is 12.6. The monoisotopic (exact) mass is 351 g/mol. The first-order valence-corrected chi connectivity index (χ1v) is 7.33. The molecule has 0 aromatic heterocycles. The molecule has 0 unspecified atom stereocenters. The highest BCUT2D eigenvalue weighted by Gasteiger charge is 2.38. The average Bonchev–Trinajstić information content (AvgIpc) is 2.78. The van der Waals surface area contributed by atoms with Gasteiger partial charge in [0.25, 0.3) is 11.5 Å². The van der Waals surface area contributed by atoms with E-state index in [9.17, 15) is 10.0 Å². The lowest BCUT2D eigenvalue weighted by molar-refractivity contribution is -0.355. The average molecular weight is 352 g/mol. The quantitative estimate of drug-likeness (QED) is 0.622. The third-order valence-corrected chi connectivity index (χ3v) is 4.27. The molecule has 0 aliphatic carbocycles. The zero-order valence-electron chi connectivity index (χ0n) is 12.2. The van der Waals surface area contributed by atoms with E-state index < -0.39 is 5.78 Å². The van der Waals surface area contributed by atoms with Crippen molar-refractivity contribution in [3.63, 3.8) is 0 Å². The minimum atomic E-state index is -0.427. The van der Waals surface area contributed by atoms with Gasteiger partial charge in [-0.05, 0) is 18.2 Å². The maximum atomic E-state index is 12.6. The molecule has 23 heavy (non-hydrogen) atoms. The molecule has 0 spiro atoms. The van der Waals surface area contributed by atoms with E-state index in [0.29, 0.717) is 21.8 Å². The number of methoxy groups -OCH3 is 2. The predicted octanol–water partition coefficient (Wildman–Crippen LogP) is 3.84. The zero-order valence-corrected chi connectivity index (χ0v) is 13.7. The zero-order chi connectivity index (χ0) is 16.7. The molecule has 0 N–H and O–H groups in total.